The number of rotatable bonds is 1. The Labute approximate surface area is 75.9 Å². The number of hydrogen-bond donors (Lipinski definition) is 0. The lowest BCUT2D eigenvalue weighted by Gasteiger charge is -1.97. The predicted molar refractivity (Wildman–Crippen MR) is 56.1 cm³/mol. The first kappa shape index (κ1) is 11.0. The van der Waals surface area contributed by atoms with E-state index in [-0.39, 0.29) is 0 Å². The van der Waals surface area contributed by atoms with E-state index in [4.69, 9.17) is 0 Å². The Morgan fingerprint density at radius 2 is 1.08 bits per heavy atom. The highest BCUT2D eigenvalue weighted by Crippen LogP contribution is 2.02. The van der Waals surface area contributed by atoms with E-state index < -0.39 is 0 Å². The monoisotopic (exact) mass is 162 g/mol. The van der Waals surface area contributed by atoms with Crippen molar-refractivity contribution in [3.63, 3.8) is 0 Å². The fraction of sp³-hybridized carbons (Fsp3) is 0.333. The Kier molecular flexibility index (Phi) is 6.08. The first-order valence-electron chi connectivity index (χ1n) is 4.30. The van der Waals surface area contributed by atoms with Crippen molar-refractivity contribution in [2.24, 2.45) is 5.92 Å². The van der Waals surface area contributed by atoms with Crippen molar-refractivity contribution >= 4 is 0 Å². The molecule has 0 aliphatic rings. The Morgan fingerprint density at radius 1 is 0.917 bits per heavy atom. The molecule has 0 N–H and O–H groups in total. The lowest BCUT2D eigenvalue weighted by Crippen LogP contribution is -1.83. The maximum atomic E-state index is 3.75. The van der Waals surface area contributed by atoms with E-state index in [0.29, 0.717) is 5.92 Å². The van der Waals surface area contributed by atoms with Gasteiger partial charge >= 0.3 is 0 Å². The molecule has 0 aliphatic carbocycles. The van der Waals surface area contributed by atoms with Crippen LogP contribution in [-0.2, 0) is 0 Å². The van der Waals surface area contributed by atoms with Gasteiger partial charge in [-0.05, 0) is 12.8 Å². The van der Waals surface area contributed by atoms with E-state index >= 15 is 0 Å². The van der Waals surface area contributed by atoms with Crippen molar-refractivity contribution < 1.29 is 0 Å². The third-order valence-corrected chi connectivity index (χ3v) is 1.65. The molecule has 0 saturated carbocycles. The summed E-state index contributed by atoms with van der Waals surface area (Å²) in [5, 5.41) is 0. The third kappa shape index (κ3) is 7.07. The van der Waals surface area contributed by atoms with Crippen LogP contribution in [0.5, 0.6) is 0 Å². The third-order valence-electron chi connectivity index (χ3n) is 1.65. The Hall–Kier alpha value is -1.04. The summed E-state index contributed by atoms with van der Waals surface area (Å²) >= 11 is 0. The number of allylic oxidation sites excluding steroid dienone is 1. The Bertz CT molecular complexity index is 170. The summed E-state index contributed by atoms with van der Waals surface area (Å²) in [7, 11) is 0. The van der Waals surface area contributed by atoms with Crippen LogP contribution in [0.3, 0.4) is 0 Å². The van der Waals surface area contributed by atoms with Crippen LogP contribution in [0.1, 0.15) is 20.8 Å². The van der Waals surface area contributed by atoms with Gasteiger partial charge < -0.3 is 0 Å². The fourth-order valence-corrected chi connectivity index (χ4v) is 0.385. The second-order valence-electron chi connectivity index (χ2n) is 3.16. The van der Waals surface area contributed by atoms with Crippen LogP contribution in [0, 0.1) is 5.92 Å². The summed E-state index contributed by atoms with van der Waals surface area (Å²) < 4.78 is 0. The molecule has 0 radical (unpaired) electrons. The molecular weight excluding hydrogens is 144 g/mol. The highest BCUT2D eigenvalue weighted by atomic mass is 13.9. The first-order chi connectivity index (χ1) is 5.64. The summed E-state index contributed by atoms with van der Waals surface area (Å²) in [5.41, 5.74) is 1.26. The summed E-state index contributed by atoms with van der Waals surface area (Å²) in [5.74, 6) is 0.657. The molecule has 12 heavy (non-hydrogen) atoms. The van der Waals surface area contributed by atoms with E-state index in [1.54, 1.807) is 0 Å². The quantitative estimate of drug-likeness (QED) is 0.549. The Morgan fingerprint density at radius 3 is 1.17 bits per heavy atom. The predicted octanol–water partition coefficient (Wildman–Crippen LogP) is 3.91. The van der Waals surface area contributed by atoms with Gasteiger partial charge in [-0.25, -0.2) is 0 Å². The summed E-state index contributed by atoms with van der Waals surface area (Å²) in [6, 6.07) is 12.0. The molecular formula is C12H18. The van der Waals surface area contributed by atoms with Gasteiger partial charge in [-0.3, -0.25) is 0 Å². The van der Waals surface area contributed by atoms with Crippen molar-refractivity contribution in [3.8, 4) is 0 Å². The molecule has 0 fully saturated rings. The van der Waals surface area contributed by atoms with Crippen molar-refractivity contribution in [3.05, 3.63) is 48.6 Å². The second kappa shape index (κ2) is 6.66. The van der Waals surface area contributed by atoms with Crippen molar-refractivity contribution in [1.82, 2.24) is 0 Å². The van der Waals surface area contributed by atoms with Crippen LogP contribution in [0.4, 0.5) is 0 Å². The average Bonchev–Trinajstić information content (AvgIpc) is 2.08. The zero-order valence-corrected chi connectivity index (χ0v) is 8.25. The maximum Gasteiger partial charge on any atom is -0.0266 e. The first-order valence-corrected chi connectivity index (χ1v) is 4.30. The van der Waals surface area contributed by atoms with Crippen LogP contribution in [0.25, 0.3) is 0 Å². The van der Waals surface area contributed by atoms with E-state index in [9.17, 15) is 0 Å². The minimum absolute atomic E-state index is 0.657. The maximum absolute atomic E-state index is 3.75. The van der Waals surface area contributed by atoms with Gasteiger partial charge in [0.25, 0.3) is 0 Å². The minimum Gasteiger partial charge on any atom is -0.0999 e. The topological polar surface area (TPSA) is 0 Å². The average molecular weight is 162 g/mol. The molecule has 0 amide bonds. The van der Waals surface area contributed by atoms with E-state index in [2.05, 4.69) is 20.4 Å². The van der Waals surface area contributed by atoms with Gasteiger partial charge in [-0.2, -0.15) is 0 Å². The van der Waals surface area contributed by atoms with Crippen LogP contribution >= 0.6 is 0 Å². The molecule has 0 atom stereocenters. The summed E-state index contributed by atoms with van der Waals surface area (Å²) in [6.07, 6.45) is 0. The lowest BCUT2D eigenvalue weighted by atomic mass is 10.1. The molecule has 0 aromatic heterocycles. The molecule has 0 heterocycles. The van der Waals surface area contributed by atoms with E-state index in [1.807, 2.05) is 43.3 Å². The highest BCUT2D eigenvalue weighted by Gasteiger charge is 1.87. The van der Waals surface area contributed by atoms with Crippen molar-refractivity contribution in [2.75, 3.05) is 0 Å². The van der Waals surface area contributed by atoms with Gasteiger partial charge in [-0.1, -0.05) is 62.4 Å². The number of benzene rings is 1. The van der Waals surface area contributed by atoms with Gasteiger partial charge in [0.1, 0.15) is 0 Å². The zero-order chi connectivity index (χ0) is 9.40. The highest BCUT2D eigenvalue weighted by molar-refractivity contribution is 4.99. The molecule has 0 saturated heterocycles. The van der Waals surface area contributed by atoms with Gasteiger partial charge in [-0.15, -0.1) is 0 Å². The molecule has 0 spiro atoms. The van der Waals surface area contributed by atoms with Crippen LogP contribution in [0.2, 0.25) is 0 Å². The molecule has 0 bridgehead atoms. The molecule has 66 valence electrons. The molecule has 0 heteroatoms. The largest absolute Gasteiger partial charge is 0.0999 e. The van der Waals surface area contributed by atoms with E-state index in [0.717, 1.165) is 0 Å². The smallest absolute Gasteiger partial charge is 0.0266 e. The Balaban J connectivity index is 0.000000202. The number of hydrogen-bond acceptors (Lipinski definition) is 0. The van der Waals surface area contributed by atoms with Gasteiger partial charge in [0.2, 0.25) is 0 Å². The van der Waals surface area contributed by atoms with Crippen LogP contribution < -0.4 is 0 Å². The normalized spacial score (nSPS) is 8.67. The standard InChI is InChI=1S/C6H6.C6H12/c1-2-4-6-5-3-1;1-5(2)6(3)4/h1-6H;6H,1H2,2-4H3. The molecule has 0 nitrogen and oxygen atoms in total. The second-order valence-corrected chi connectivity index (χ2v) is 3.16. The SMILES string of the molecule is C=C(C)C(C)C.c1ccccc1. The van der Waals surface area contributed by atoms with Crippen molar-refractivity contribution in [1.29, 1.82) is 0 Å². The minimum atomic E-state index is 0.657. The molecule has 0 unspecified atom stereocenters. The molecule has 1 rings (SSSR count). The van der Waals surface area contributed by atoms with Gasteiger partial charge in [0.15, 0.2) is 0 Å². The van der Waals surface area contributed by atoms with Gasteiger partial charge in [0.05, 0.1) is 0 Å². The van der Waals surface area contributed by atoms with Crippen LogP contribution in [0.15, 0.2) is 48.6 Å². The summed E-state index contributed by atoms with van der Waals surface area (Å²) in [4.78, 5) is 0. The zero-order valence-electron chi connectivity index (χ0n) is 8.25. The fourth-order valence-electron chi connectivity index (χ4n) is 0.385. The van der Waals surface area contributed by atoms with E-state index in [1.165, 1.54) is 5.57 Å². The van der Waals surface area contributed by atoms with Crippen molar-refractivity contribution in [2.45, 2.75) is 20.8 Å². The van der Waals surface area contributed by atoms with Crippen LogP contribution in [-0.4, -0.2) is 0 Å². The molecule has 1 aromatic carbocycles. The van der Waals surface area contributed by atoms with Gasteiger partial charge in [0, 0.05) is 0 Å². The molecule has 0 aliphatic heterocycles. The summed E-state index contributed by atoms with van der Waals surface area (Å²) in [6.45, 7) is 10.1. The lowest BCUT2D eigenvalue weighted by molar-refractivity contribution is 0.773. The molecule has 1 aromatic rings.